The quantitative estimate of drug-likeness (QED) is 0.533. The van der Waals surface area contributed by atoms with E-state index in [-0.39, 0.29) is 18.0 Å². The number of anilines is 1. The van der Waals surface area contributed by atoms with Gasteiger partial charge in [-0.15, -0.1) is 0 Å². The van der Waals surface area contributed by atoms with E-state index in [1.54, 1.807) is 31.7 Å². The Bertz CT molecular complexity index is 944. The fourth-order valence-corrected chi connectivity index (χ4v) is 3.66. The van der Waals surface area contributed by atoms with Gasteiger partial charge < -0.3 is 14.4 Å². The summed E-state index contributed by atoms with van der Waals surface area (Å²) in [5.74, 6) is -0.736. The zero-order valence-electron chi connectivity index (χ0n) is 17.6. The molecule has 1 aromatic rings. The number of esters is 1. The van der Waals surface area contributed by atoms with Gasteiger partial charge in [0.05, 0.1) is 24.3 Å². The molecule has 2 saturated heterocycles. The van der Waals surface area contributed by atoms with Gasteiger partial charge in [0.2, 0.25) is 5.95 Å². The number of methoxy groups -OCH3 is 1. The molecule has 3 rings (SSSR count). The molecule has 2 fully saturated rings. The minimum absolute atomic E-state index is 0.111. The summed E-state index contributed by atoms with van der Waals surface area (Å²) in [6.07, 6.45) is 2.41. The van der Waals surface area contributed by atoms with Crippen molar-refractivity contribution < 1.29 is 28.7 Å². The molecule has 0 bridgehead atoms. The van der Waals surface area contributed by atoms with Crippen molar-refractivity contribution >= 4 is 47.0 Å². The number of hydrogen-bond acceptors (Lipinski definition) is 10. The first-order valence-electron chi connectivity index (χ1n) is 9.47. The Morgan fingerprint density at radius 2 is 2.03 bits per heavy atom. The number of amides is 3. The summed E-state index contributed by atoms with van der Waals surface area (Å²) < 4.78 is 10.3. The Morgan fingerprint density at radius 1 is 1.29 bits per heavy atom. The number of nitrogens with zero attached hydrogens (tertiary/aromatic N) is 4. The van der Waals surface area contributed by atoms with Gasteiger partial charge in [0.15, 0.2) is 6.04 Å². The lowest BCUT2D eigenvalue weighted by molar-refractivity contribution is -0.147. The predicted octanol–water partition coefficient (Wildman–Crippen LogP) is 1.40. The number of aromatic nitrogens is 2. The first kappa shape index (κ1) is 22.5. The summed E-state index contributed by atoms with van der Waals surface area (Å²) in [7, 11) is 1.25. The fraction of sp³-hybridized carbons (Fsp3) is 0.474. The van der Waals surface area contributed by atoms with E-state index in [4.69, 9.17) is 9.47 Å². The Morgan fingerprint density at radius 3 is 2.65 bits per heavy atom. The first-order chi connectivity index (χ1) is 14.6. The van der Waals surface area contributed by atoms with Crippen molar-refractivity contribution in [1.82, 2.24) is 20.2 Å². The van der Waals surface area contributed by atoms with Gasteiger partial charge in [-0.2, -0.15) is 0 Å². The third kappa shape index (κ3) is 5.51. The highest BCUT2D eigenvalue weighted by atomic mass is 32.2. The number of carbonyl (C=O) groups is 4. The molecule has 1 atom stereocenters. The number of carbonyl (C=O) groups excluding carboxylic acids is 4. The van der Waals surface area contributed by atoms with Gasteiger partial charge in [0.25, 0.3) is 11.1 Å². The standard InChI is InChI=1S/C19H23N5O6S/c1-19(2,3)30-18(28)24-8-7-23(10-12(24)15(26)29-4)16-20-6-5-11(21-16)9-13-14(25)22-17(27)31-13/h5-6,9,12H,7-8,10H2,1-4H3,(H,22,25,27)/b13-9-. The number of hydrogen-bond donors (Lipinski definition) is 1. The van der Waals surface area contributed by atoms with Crippen LogP contribution >= 0.6 is 11.8 Å². The highest BCUT2D eigenvalue weighted by Gasteiger charge is 2.39. The minimum Gasteiger partial charge on any atom is -0.467 e. The van der Waals surface area contributed by atoms with Crippen molar-refractivity contribution in [2.24, 2.45) is 0 Å². The summed E-state index contributed by atoms with van der Waals surface area (Å²) in [5.41, 5.74) is -0.271. The van der Waals surface area contributed by atoms with E-state index in [2.05, 4.69) is 15.3 Å². The van der Waals surface area contributed by atoms with Gasteiger partial charge in [0.1, 0.15) is 5.60 Å². The molecule has 1 unspecified atom stereocenters. The van der Waals surface area contributed by atoms with E-state index >= 15 is 0 Å². The van der Waals surface area contributed by atoms with Crippen molar-refractivity contribution in [2.75, 3.05) is 31.6 Å². The van der Waals surface area contributed by atoms with Crippen LogP contribution in [0.4, 0.5) is 15.5 Å². The van der Waals surface area contributed by atoms with Gasteiger partial charge in [-0.1, -0.05) is 0 Å². The zero-order valence-corrected chi connectivity index (χ0v) is 18.4. The van der Waals surface area contributed by atoms with Crippen LogP contribution in [0.5, 0.6) is 0 Å². The molecule has 166 valence electrons. The van der Waals surface area contributed by atoms with E-state index in [0.29, 0.717) is 18.2 Å². The average Bonchev–Trinajstić information content (AvgIpc) is 3.02. The first-order valence-corrected chi connectivity index (χ1v) is 10.3. The number of nitrogens with one attached hydrogen (secondary N) is 1. The van der Waals surface area contributed by atoms with Crippen LogP contribution in [-0.2, 0) is 19.1 Å². The molecule has 0 aliphatic carbocycles. The number of ether oxygens (including phenoxy) is 2. The lowest BCUT2D eigenvalue weighted by Crippen LogP contribution is -2.59. The number of rotatable bonds is 3. The van der Waals surface area contributed by atoms with Crippen molar-refractivity contribution in [2.45, 2.75) is 32.4 Å². The van der Waals surface area contributed by atoms with E-state index in [9.17, 15) is 19.2 Å². The maximum Gasteiger partial charge on any atom is 0.411 e. The molecule has 2 aliphatic rings. The summed E-state index contributed by atoms with van der Waals surface area (Å²) in [5, 5.41) is 1.74. The molecule has 0 saturated carbocycles. The Labute approximate surface area is 183 Å². The molecule has 0 radical (unpaired) electrons. The topological polar surface area (TPSA) is 131 Å². The molecule has 1 aromatic heterocycles. The van der Waals surface area contributed by atoms with E-state index in [1.165, 1.54) is 24.3 Å². The van der Waals surface area contributed by atoms with Crippen LogP contribution in [0.25, 0.3) is 6.08 Å². The molecular formula is C19H23N5O6S. The van der Waals surface area contributed by atoms with Crippen molar-refractivity contribution in [3.63, 3.8) is 0 Å². The number of imide groups is 1. The third-order valence-corrected chi connectivity index (χ3v) is 5.16. The second-order valence-corrected chi connectivity index (χ2v) is 8.81. The van der Waals surface area contributed by atoms with Crippen LogP contribution in [0, 0.1) is 0 Å². The summed E-state index contributed by atoms with van der Waals surface area (Å²) >= 11 is 0.793. The van der Waals surface area contributed by atoms with E-state index < -0.39 is 34.9 Å². The molecule has 12 heteroatoms. The second kappa shape index (κ2) is 8.92. The summed E-state index contributed by atoms with van der Waals surface area (Å²) in [6.45, 7) is 5.92. The van der Waals surface area contributed by atoms with Gasteiger partial charge in [0, 0.05) is 19.3 Å². The highest BCUT2D eigenvalue weighted by molar-refractivity contribution is 8.18. The molecule has 2 aliphatic heterocycles. The van der Waals surface area contributed by atoms with Crippen molar-refractivity contribution in [3.8, 4) is 0 Å². The zero-order chi connectivity index (χ0) is 22.8. The molecule has 3 amide bonds. The SMILES string of the molecule is COC(=O)C1CN(c2nccc(/C=C3\SC(=O)NC3=O)n2)CCN1C(=O)OC(C)(C)C. The number of thioether (sulfide) groups is 1. The normalized spacial score (nSPS) is 20.6. The van der Waals surface area contributed by atoms with Gasteiger partial charge in [-0.05, 0) is 44.7 Å². The van der Waals surface area contributed by atoms with E-state index in [0.717, 1.165) is 11.8 Å². The van der Waals surface area contributed by atoms with Gasteiger partial charge in [-0.25, -0.2) is 19.6 Å². The average molecular weight is 449 g/mol. The molecule has 0 aromatic carbocycles. The Balaban J connectivity index is 1.79. The van der Waals surface area contributed by atoms with Crippen LogP contribution < -0.4 is 10.2 Å². The minimum atomic E-state index is -0.895. The monoisotopic (exact) mass is 449 g/mol. The number of piperazine rings is 1. The molecule has 0 spiro atoms. The maximum absolute atomic E-state index is 12.6. The van der Waals surface area contributed by atoms with Crippen molar-refractivity contribution in [1.29, 1.82) is 0 Å². The van der Waals surface area contributed by atoms with Gasteiger partial charge in [-0.3, -0.25) is 19.8 Å². The third-order valence-electron chi connectivity index (χ3n) is 4.35. The van der Waals surface area contributed by atoms with Crippen molar-refractivity contribution in [3.05, 3.63) is 22.9 Å². The Kier molecular flexibility index (Phi) is 6.48. The lowest BCUT2D eigenvalue weighted by atomic mass is 10.1. The van der Waals surface area contributed by atoms with E-state index in [1.807, 2.05) is 0 Å². The smallest absolute Gasteiger partial charge is 0.411 e. The molecule has 3 heterocycles. The Hall–Kier alpha value is -3.15. The van der Waals surface area contributed by atoms with Crippen LogP contribution in [0.3, 0.4) is 0 Å². The molecule has 1 N–H and O–H groups in total. The van der Waals surface area contributed by atoms with Crippen LogP contribution in [0.15, 0.2) is 17.2 Å². The maximum atomic E-state index is 12.6. The van der Waals surface area contributed by atoms with Crippen LogP contribution in [0.1, 0.15) is 26.5 Å². The molecule has 31 heavy (non-hydrogen) atoms. The largest absolute Gasteiger partial charge is 0.467 e. The summed E-state index contributed by atoms with van der Waals surface area (Å²) in [4.78, 5) is 60.0. The molecular weight excluding hydrogens is 426 g/mol. The predicted molar refractivity (Wildman–Crippen MR) is 112 cm³/mol. The fourth-order valence-electron chi connectivity index (χ4n) is 2.99. The highest BCUT2D eigenvalue weighted by Crippen LogP contribution is 2.26. The van der Waals surface area contributed by atoms with Gasteiger partial charge >= 0.3 is 12.1 Å². The lowest BCUT2D eigenvalue weighted by Gasteiger charge is -2.40. The second-order valence-electron chi connectivity index (χ2n) is 7.79. The van der Waals surface area contributed by atoms with Crippen LogP contribution in [-0.4, -0.2) is 76.5 Å². The summed E-state index contributed by atoms with van der Waals surface area (Å²) in [6, 6.07) is 0.704. The molecule has 11 nitrogen and oxygen atoms in total. The van der Waals surface area contributed by atoms with Crippen LogP contribution in [0.2, 0.25) is 0 Å².